The molecule has 0 bridgehead atoms. The number of rotatable bonds is 3. The average molecular weight is 667 g/mol. The van der Waals surface area contributed by atoms with Crippen LogP contribution in [0.5, 0.6) is 0 Å². The van der Waals surface area contributed by atoms with Gasteiger partial charge in [0.05, 0.1) is 43.8 Å². The number of nitrogens with zero attached hydrogens (tertiary/aromatic N) is 4. The maximum absolute atomic E-state index is 5.51. The van der Waals surface area contributed by atoms with Crippen LogP contribution in [-0.2, 0) is 0 Å². The number of thiophene rings is 1. The Bertz CT molecular complexity index is 3200. The second kappa shape index (κ2) is 10.0. The summed E-state index contributed by atoms with van der Waals surface area (Å²) in [5, 5.41) is 7.36. The summed E-state index contributed by atoms with van der Waals surface area (Å²) in [4.78, 5) is 11.0. The molecule has 5 heteroatoms. The largest absolute Gasteiger partial charge is 0.309 e. The highest BCUT2D eigenvalue weighted by Crippen LogP contribution is 2.54. The highest BCUT2D eigenvalue weighted by atomic mass is 32.1. The van der Waals surface area contributed by atoms with Crippen LogP contribution in [0.3, 0.4) is 0 Å². The van der Waals surface area contributed by atoms with Crippen LogP contribution in [0.15, 0.2) is 158 Å². The third kappa shape index (κ3) is 3.58. The van der Waals surface area contributed by atoms with Gasteiger partial charge in [0.15, 0.2) is 0 Å². The first kappa shape index (κ1) is 27.3. The molecule has 1 aliphatic carbocycles. The monoisotopic (exact) mass is 666 g/mol. The molecule has 0 amide bonds. The van der Waals surface area contributed by atoms with Crippen LogP contribution in [0.4, 0.5) is 0 Å². The van der Waals surface area contributed by atoms with Crippen molar-refractivity contribution in [1.82, 2.24) is 19.1 Å². The number of para-hydroxylation sites is 2. The molecule has 0 saturated heterocycles. The first-order chi connectivity index (χ1) is 25.3. The van der Waals surface area contributed by atoms with Crippen LogP contribution in [-0.4, -0.2) is 19.1 Å². The zero-order valence-corrected chi connectivity index (χ0v) is 28.0. The van der Waals surface area contributed by atoms with Crippen LogP contribution >= 0.6 is 11.3 Å². The average Bonchev–Trinajstić information content (AvgIpc) is 3.93. The summed E-state index contributed by atoms with van der Waals surface area (Å²) in [6, 6.07) is 56.8. The Hall–Kier alpha value is -6.56. The van der Waals surface area contributed by atoms with Crippen molar-refractivity contribution in [1.29, 1.82) is 0 Å². The van der Waals surface area contributed by atoms with Gasteiger partial charge in [-0.15, -0.1) is 11.3 Å². The maximum Gasteiger partial charge on any atom is 0.235 e. The molecule has 4 aromatic heterocycles. The highest BCUT2D eigenvalue weighted by Gasteiger charge is 2.32. The number of benzene rings is 7. The molecule has 0 spiro atoms. The third-order valence-electron chi connectivity index (χ3n) is 10.7. The lowest BCUT2D eigenvalue weighted by molar-refractivity contribution is 0.995. The second-order valence-corrected chi connectivity index (χ2v) is 14.4. The van der Waals surface area contributed by atoms with Crippen molar-refractivity contribution in [2.45, 2.75) is 0 Å². The minimum absolute atomic E-state index is 0.681. The minimum Gasteiger partial charge on any atom is -0.309 e. The van der Waals surface area contributed by atoms with Crippen molar-refractivity contribution in [3.05, 3.63) is 158 Å². The summed E-state index contributed by atoms with van der Waals surface area (Å²) in [5.74, 6) is 0.681. The smallest absolute Gasteiger partial charge is 0.235 e. The van der Waals surface area contributed by atoms with Crippen LogP contribution in [0.2, 0.25) is 0 Å². The van der Waals surface area contributed by atoms with E-state index in [1.54, 1.807) is 11.3 Å². The molecule has 7 aromatic carbocycles. The molecule has 12 rings (SSSR count). The topological polar surface area (TPSA) is 35.6 Å². The molecule has 0 aliphatic heterocycles. The lowest BCUT2D eigenvalue weighted by atomic mass is 10.0. The molecule has 1 aliphatic rings. The van der Waals surface area contributed by atoms with Crippen LogP contribution in [0, 0.1) is 0 Å². The Morgan fingerprint density at radius 2 is 1.12 bits per heavy atom. The van der Waals surface area contributed by atoms with Crippen LogP contribution < -0.4 is 0 Å². The van der Waals surface area contributed by atoms with Crippen molar-refractivity contribution >= 4 is 75.1 Å². The van der Waals surface area contributed by atoms with Gasteiger partial charge in [0.25, 0.3) is 0 Å². The first-order valence-corrected chi connectivity index (χ1v) is 18.1. The second-order valence-electron chi connectivity index (χ2n) is 13.3. The van der Waals surface area contributed by atoms with Crippen molar-refractivity contribution in [2.75, 3.05) is 0 Å². The SMILES string of the molecule is c1ccc(-c2nc(-n3c4c(c5c(-n6c7ccccc7c7ccccc76)cccc53)-c3cccc5cccc-4c35)nc3c2sc2ccccc23)cc1. The molecule has 0 saturated carbocycles. The van der Waals surface area contributed by atoms with Gasteiger partial charge < -0.3 is 4.57 Å². The van der Waals surface area contributed by atoms with E-state index in [2.05, 4.69) is 167 Å². The lowest BCUT2D eigenvalue weighted by Crippen LogP contribution is -2.04. The molecule has 51 heavy (non-hydrogen) atoms. The van der Waals surface area contributed by atoms with Gasteiger partial charge in [-0.1, -0.05) is 127 Å². The fourth-order valence-corrected chi connectivity index (χ4v) is 9.79. The van der Waals surface area contributed by atoms with Crippen LogP contribution in [0.25, 0.3) is 109 Å². The summed E-state index contributed by atoms with van der Waals surface area (Å²) < 4.78 is 7.11. The number of hydrogen-bond donors (Lipinski definition) is 0. The van der Waals surface area contributed by atoms with E-state index in [0.717, 1.165) is 43.8 Å². The predicted molar refractivity (Wildman–Crippen MR) is 213 cm³/mol. The van der Waals surface area contributed by atoms with E-state index in [1.807, 2.05) is 0 Å². The van der Waals surface area contributed by atoms with E-state index in [-0.39, 0.29) is 0 Å². The molecule has 0 radical (unpaired) electrons. The van der Waals surface area contributed by atoms with Crippen molar-refractivity contribution in [3.63, 3.8) is 0 Å². The summed E-state index contributed by atoms with van der Waals surface area (Å²) in [7, 11) is 0. The molecular weight excluding hydrogens is 641 g/mol. The van der Waals surface area contributed by atoms with E-state index in [4.69, 9.17) is 9.97 Å². The third-order valence-corrected chi connectivity index (χ3v) is 11.8. The first-order valence-electron chi connectivity index (χ1n) is 17.3. The van der Waals surface area contributed by atoms with Gasteiger partial charge in [-0.2, -0.15) is 0 Å². The zero-order valence-electron chi connectivity index (χ0n) is 27.2. The van der Waals surface area contributed by atoms with Gasteiger partial charge in [0, 0.05) is 42.9 Å². The van der Waals surface area contributed by atoms with Gasteiger partial charge >= 0.3 is 0 Å². The van der Waals surface area contributed by atoms with E-state index in [0.29, 0.717) is 5.95 Å². The molecular formula is C46H26N4S. The molecule has 0 fully saturated rings. The Morgan fingerprint density at radius 3 is 1.90 bits per heavy atom. The van der Waals surface area contributed by atoms with Crippen molar-refractivity contribution in [3.8, 4) is 45.3 Å². The van der Waals surface area contributed by atoms with E-state index < -0.39 is 0 Å². The molecule has 4 heterocycles. The standard InChI is InChI=1S/C46H26N4S/c1-2-13-28(14-3-1)42-45-43(31-19-6-9-26-38(31)51-45)48-46(47-42)50-37-25-12-24-36(49-34-22-7-4-17-29(34)30-18-5-8-23-35(30)49)41(37)40-32-20-10-15-27-16-11-21-33(39(27)32)44(40)50/h1-26H. The zero-order chi connectivity index (χ0) is 33.2. The summed E-state index contributed by atoms with van der Waals surface area (Å²) >= 11 is 1.77. The maximum atomic E-state index is 5.51. The van der Waals surface area contributed by atoms with Crippen molar-refractivity contribution < 1.29 is 0 Å². The fourth-order valence-electron chi connectivity index (χ4n) is 8.63. The predicted octanol–water partition coefficient (Wildman–Crippen LogP) is 12.4. The fraction of sp³-hybridized carbons (Fsp3) is 0. The Balaban J connectivity index is 1.28. The summed E-state index contributed by atoms with van der Waals surface area (Å²) in [6.07, 6.45) is 0. The highest BCUT2D eigenvalue weighted by molar-refractivity contribution is 7.26. The van der Waals surface area contributed by atoms with E-state index >= 15 is 0 Å². The van der Waals surface area contributed by atoms with Gasteiger partial charge in [-0.25, -0.2) is 9.97 Å². The molecule has 11 aromatic rings. The summed E-state index contributed by atoms with van der Waals surface area (Å²) in [6.45, 7) is 0. The van der Waals surface area contributed by atoms with E-state index in [9.17, 15) is 0 Å². The number of fused-ring (bicyclic) bond motifs is 11. The molecule has 0 atom stereocenters. The molecule has 236 valence electrons. The Labute approximate surface area is 296 Å². The quantitative estimate of drug-likeness (QED) is 0.188. The molecule has 0 unspecified atom stereocenters. The van der Waals surface area contributed by atoms with E-state index in [1.165, 1.54) is 59.4 Å². The Morgan fingerprint density at radius 1 is 0.471 bits per heavy atom. The lowest BCUT2D eigenvalue weighted by Gasteiger charge is -2.14. The van der Waals surface area contributed by atoms with Gasteiger partial charge in [0.2, 0.25) is 5.95 Å². The van der Waals surface area contributed by atoms with Gasteiger partial charge in [-0.3, -0.25) is 4.57 Å². The van der Waals surface area contributed by atoms with Gasteiger partial charge in [0.1, 0.15) is 0 Å². The number of aromatic nitrogens is 4. The molecule has 0 N–H and O–H groups in total. The molecule has 4 nitrogen and oxygen atoms in total. The minimum atomic E-state index is 0.681. The van der Waals surface area contributed by atoms with Gasteiger partial charge in [-0.05, 0) is 46.7 Å². The number of hydrogen-bond acceptors (Lipinski definition) is 3. The summed E-state index contributed by atoms with van der Waals surface area (Å²) in [5.41, 5.74) is 12.5. The Kier molecular flexibility index (Phi) is 5.35. The van der Waals surface area contributed by atoms with Crippen LogP contribution in [0.1, 0.15) is 0 Å². The van der Waals surface area contributed by atoms with Crippen molar-refractivity contribution in [2.24, 2.45) is 0 Å². The normalized spacial score (nSPS) is 12.3.